The zero-order valence-electron chi connectivity index (χ0n) is 16.2. The fourth-order valence-electron chi connectivity index (χ4n) is 3.00. The summed E-state index contributed by atoms with van der Waals surface area (Å²) >= 11 is 0. The van der Waals surface area contributed by atoms with Crippen LogP contribution in [0.3, 0.4) is 0 Å². The van der Waals surface area contributed by atoms with Crippen molar-refractivity contribution < 1.29 is 28.6 Å². The van der Waals surface area contributed by atoms with Gasteiger partial charge in [-0.05, 0) is 48.0 Å². The number of nitrogens with zero attached hydrogens (tertiary/aromatic N) is 1. The second kappa shape index (κ2) is 7.13. The van der Waals surface area contributed by atoms with Crippen LogP contribution in [0.5, 0.6) is 0 Å². The van der Waals surface area contributed by atoms with Gasteiger partial charge in [0.2, 0.25) is 0 Å². The van der Waals surface area contributed by atoms with Crippen LogP contribution in [-0.4, -0.2) is 52.8 Å². The molecule has 2 aliphatic rings. The van der Waals surface area contributed by atoms with E-state index in [1.807, 2.05) is 13.0 Å². The lowest BCUT2D eigenvalue weighted by atomic mass is 9.91. The number of carbonyl (C=O) groups is 3. The molecule has 0 saturated heterocycles. The Morgan fingerprint density at radius 1 is 1.35 bits per heavy atom. The van der Waals surface area contributed by atoms with Crippen molar-refractivity contribution in [1.29, 1.82) is 0 Å². The van der Waals surface area contributed by atoms with Crippen molar-refractivity contribution in [3.63, 3.8) is 0 Å². The average molecular weight is 365 g/mol. The third-order valence-corrected chi connectivity index (χ3v) is 4.25. The minimum Gasteiger partial charge on any atom is -0.463 e. The van der Waals surface area contributed by atoms with E-state index in [1.54, 1.807) is 44.7 Å². The topological polar surface area (TPSA) is 82.1 Å². The highest BCUT2D eigenvalue weighted by Gasteiger charge is 2.49. The number of hydrogen-bond donors (Lipinski definition) is 0. The number of amides is 1. The fourth-order valence-corrected chi connectivity index (χ4v) is 3.00. The van der Waals surface area contributed by atoms with Crippen molar-refractivity contribution in [3.8, 4) is 0 Å². The van der Waals surface area contributed by atoms with Crippen molar-refractivity contribution in [2.45, 2.75) is 71.2 Å². The van der Waals surface area contributed by atoms with Crippen molar-refractivity contribution in [2.75, 3.05) is 6.61 Å². The normalized spacial score (nSPS) is 25.4. The van der Waals surface area contributed by atoms with Crippen LogP contribution >= 0.6 is 0 Å². The standard InChI is InChI=1S/C19H27NO6/c1-7-24-15(21)12(2)25-16(22)13-8-10-19(6)11-9-14(13)20(19)17(23)26-18(3,4)5/h8-9,11-12,14H,7,10H2,1-6H3/t12-,14+,19+/m0/s1. The molecule has 7 heteroatoms. The van der Waals surface area contributed by atoms with Crippen LogP contribution in [0.25, 0.3) is 0 Å². The van der Waals surface area contributed by atoms with Crippen LogP contribution < -0.4 is 0 Å². The van der Waals surface area contributed by atoms with Gasteiger partial charge >= 0.3 is 18.0 Å². The van der Waals surface area contributed by atoms with Crippen molar-refractivity contribution in [2.24, 2.45) is 0 Å². The second-order valence-electron chi connectivity index (χ2n) is 7.67. The summed E-state index contributed by atoms with van der Waals surface area (Å²) < 4.78 is 15.6. The van der Waals surface area contributed by atoms with Gasteiger partial charge in [0.1, 0.15) is 5.60 Å². The van der Waals surface area contributed by atoms with Crippen LogP contribution in [0.1, 0.15) is 48.0 Å². The van der Waals surface area contributed by atoms with Gasteiger partial charge in [-0.1, -0.05) is 18.2 Å². The molecule has 0 aromatic heterocycles. The number of hydrogen-bond acceptors (Lipinski definition) is 6. The molecule has 0 aromatic rings. The molecule has 2 heterocycles. The van der Waals surface area contributed by atoms with Crippen LogP contribution in [0.15, 0.2) is 23.8 Å². The minimum absolute atomic E-state index is 0.208. The lowest BCUT2D eigenvalue weighted by Crippen LogP contribution is -2.54. The summed E-state index contributed by atoms with van der Waals surface area (Å²) in [5, 5.41) is 0. The van der Waals surface area contributed by atoms with Gasteiger partial charge < -0.3 is 14.2 Å². The third-order valence-electron chi connectivity index (χ3n) is 4.25. The van der Waals surface area contributed by atoms with Crippen molar-refractivity contribution >= 4 is 18.0 Å². The quantitative estimate of drug-likeness (QED) is 0.433. The first-order valence-corrected chi connectivity index (χ1v) is 8.78. The fraction of sp³-hybridized carbons (Fsp3) is 0.632. The van der Waals surface area contributed by atoms with E-state index in [1.165, 1.54) is 6.92 Å². The Bertz CT molecular complexity index is 659. The van der Waals surface area contributed by atoms with Gasteiger partial charge in [-0.15, -0.1) is 0 Å². The number of rotatable bonds is 4. The molecule has 0 fully saturated rings. The maximum absolute atomic E-state index is 12.7. The summed E-state index contributed by atoms with van der Waals surface area (Å²) in [5.74, 6) is -1.24. The van der Waals surface area contributed by atoms with Gasteiger partial charge in [0.05, 0.1) is 23.8 Å². The molecule has 2 aliphatic heterocycles. The molecule has 0 aliphatic carbocycles. The molecule has 0 radical (unpaired) electrons. The lowest BCUT2D eigenvalue weighted by molar-refractivity contribution is -0.164. The molecule has 0 unspecified atom stereocenters. The van der Waals surface area contributed by atoms with E-state index < -0.39 is 41.3 Å². The highest BCUT2D eigenvalue weighted by Crippen LogP contribution is 2.40. The predicted molar refractivity (Wildman–Crippen MR) is 94.3 cm³/mol. The Kier molecular flexibility index (Phi) is 5.49. The molecule has 7 nitrogen and oxygen atoms in total. The third kappa shape index (κ3) is 4.08. The van der Waals surface area contributed by atoms with Gasteiger partial charge in [-0.25, -0.2) is 14.4 Å². The largest absolute Gasteiger partial charge is 0.463 e. The van der Waals surface area contributed by atoms with E-state index >= 15 is 0 Å². The van der Waals surface area contributed by atoms with E-state index in [0.717, 1.165) is 0 Å². The summed E-state index contributed by atoms with van der Waals surface area (Å²) in [7, 11) is 0. The van der Waals surface area contributed by atoms with Gasteiger partial charge in [-0.3, -0.25) is 4.90 Å². The zero-order chi connectivity index (χ0) is 19.7. The maximum atomic E-state index is 12.7. The van der Waals surface area contributed by atoms with Crippen LogP contribution in [0.2, 0.25) is 0 Å². The molecule has 26 heavy (non-hydrogen) atoms. The monoisotopic (exact) mass is 365 g/mol. The molecule has 0 saturated carbocycles. The average Bonchev–Trinajstić information content (AvgIpc) is 2.74. The molecule has 0 N–H and O–H groups in total. The number of fused-ring (bicyclic) bond motifs is 2. The van der Waals surface area contributed by atoms with Crippen molar-refractivity contribution in [1.82, 2.24) is 4.90 Å². The summed E-state index contributed by atoms with van der Waals surface area (Å²) in [4.78, 5) is 38.5. The summed E-state index contributed by atoms with van der Waals surface area (Å²) in [6.45, 7) is 10.6. The Morgan fingerprint density at radius 3 is 2.58 bits per heavy atom. The van der Waals surface area contributed by atoms with Crippen LogP contribution in [0.4, 0.5) is 4.79 Å². The molecule has 2 bridgehead atoms. The maximum Gasteiger partial charge on any atom is 0.411 e. The number of ether oxygens (including phenoxy) is 3. The van der Waals surface area contributed by atoms with Crippen molar-refractivity contribution in [3.05, 3.63) is 23.8 Å². The van der Waals surface area contributed by atoms with Gasteiger partial charge in [-0.2, -0.15) is 0 Å². The number of esters is 2. The molecular formula is C19H27NO6. The van der Waals surface area contributed by atoms with E-state index in [0.29, 0.717) is 12.0 Å². The lowest BCUT2D eigenvalue weighted by Gasteiger charge is -2.42. The van der Waals surface area contributed by atoms with E-state index in [-0.39, 0.29) is 6.61 Å². The van der Waals surface area contributed by atoms with Crippen LogP contribution in [0, 0.1) is 0 Å². The molecule has 3 atom stereocenters. The van der Waals surface area contributed by atoms with E-state index in [9.17, 15) is 14.4 Å². The molecule has 2 rings (SSSR count). The molecule has 0 aromatic carbocycles. The summed E-state index contributed by atoms with van der Waals surface area (Å²) in [5.41, 5.74) is -0.880. The van der Waals surface area contributed by atoms with E-state index in [4.69, 9.17) is 14.2 Å². The molecule has 1 amide bonds. The van der Waals surface area contributed by atoms with Gasteiger partial charge in [0.25, 0.3) is 0 Å². The SMILES string of the molecule is CCOC(=O)[C@H](C)OC(=O)C1=CC[C@]2(C)C=C[C@H]1N2C(=O)OC(C)(C)C. The van der Waals surface area contributed by atoms with Gasteiger partial charge in [0.15, 0.2) is 6.10 Å². The summed E-state index contributed by atoms with van der Waals surface area (Å²) in [6.07, 6.45) is 4.39. The Labute approximate surface area is 154 Å². The Morgan fingerprint density at radius 2 is 2.00 bits per heavy atom. The zero-order valence-corrected chi connectivity index (χ0v) is 16.2. The number of carbonyl (C=O) groups excluding carboxylic acids is 3. The predicted octanol–water partition coefficient (Wildman–Crippen LogP) is 2.75. The highest BCUT2D eigenvalue weighted by atomic mass is 16.6. The second-order valence-corrected chi connectivity index (χ2v) is 7.67. The molecular weight excluding hydrogens is 338 g/mol. The molecule has 144 valence electrons. The first kappa shape index (κ1) is 20.0. The van der Waals surface area contributed by atoms with Gasteiger partial charge in [0, 0.05) is 0 Å². The minimum atomic E-state index is -1.02. The smallest absolute Gasteiger partial charge is 0.411 e. The Balaban J connectivity index is 2.16. The first-order chi connectivity index (χ1) is 12.0. The van der Waals surface area contributed by atoms with Crippen LogP contribution in [-0.2, 0) is 23.8 Å². The Hall–Kier alpha value is -2.31. The first-order valence-electron chi connectivity index (χ1n) is 8.78. The van der Waals surface area contributed by atoms with E-state index in [2.05, 4.69) is 0 Å². The highest BCUT2D eigenvalue weighted by molar-refractivity contribution is 5.94. The summed E-state index contributed by atoms with van der Waals surface area (Å²) in [6, 6.07) is -0.578. The molecule has 0 spiro atoms.